The lowest BCUT2D eigenvalue weighted by Gasteiger charge is -2.36. The molecule has 0 unspecified atom stereocenters. The first-order chi connectivity index (χ1) is 11.1. The zero-order valence-electron chi connectivity index (χ0n) is 14.4. The van der Waals surface area contributed by atoms with Crippen LogP contribution in [0.25, 0.3) is 0 Å². The van der Waals surface area contributed by atoms with Crippen LogP contribution in [-0.4, -0.2) is 43.0 Å². The minimum atomic E-state index is 0.115. The van der Waals surface area contributed by atoms with E-state index in [0.717, 1.165) is 31.2 Å². The zero-order chi connectivity index (χ0) is 16.2. The number of hydrogen-bond donors (Lipinski definition) is 1. The molecule has 1 amide bonds. The second-order valence-electron chi connectivity index (χ2n) is 7.28. The first kappa shape index (κ1) is 16.3. The summed E-state index contributed by atoms with van der Waals surface area (Å²) in [6.45, 7) is 8.86. The topological polar surface area (TPSA) is 35.6 Å². The van der Waals surface area contributed by atoms with Gasteiger partial charge >= 0.3 is 0 Å². The maximum Gasteiger partial charge on any atom is 0.224 e. The van der Waals surface area contributed by atoms with Gasteiger partial charge in [-0.1, -0.05) is 13.8 Å². The van der Waals surface area contributed by atoms with E-state index in [0.29, 0.717) is 12.3 Å². The van der Waals surface area contributed by atoms with Crippen LogP contribution in [0.3, 0.4) is 0 Å². The van der Waals surface area contributed by atoms with Gasteiger partial charge in [0.1, 0.15) is 0 Å². The minimum absolute atomic E-state index is 0.115. The van der Waals surface area contributed by atoms with E-state index in [1.54, 1.807) is 0 Å². The maximum atomic E-state index is 11.9. The molecule has 0 radical (unpaired) electrons. The van der Waals surface area contributed by atoms with Gasteiger partial charge in [0, 0.05) is 50.0 Å². The van der Waals surface area contributed by atoms with Gasteiger partial charge in [0.05, 0.1) is 0 Å². The van der Waals surface area contributed by atoms with E-state index < -0.39 is 0 Å². The SMILES string of the molecule is CC(C)CCC(=O)Nc1ccc(N2CCN(C3CC3)CC2)cc1. The van der Waals surface area contributed by atoms with E-state index in [1.807, 2.05) is 12.1 Å². The number of piperazine rings is 1. The van der Waals surface area contributed by atoms with Gasteiger partial charge in [0.2, 0.25) is 5.91 Å². The third-order valence-corrected chi connectivity index (χ3v) is 4.84. The number of carbonyl (C=O) groups is 1. The van der Waals surface area contributed by atoms with E-state index in [2.05, 4.69) is 41.1 Å². The van der Waals surface area contributed by atoms with Gasteiger partial charge in [-0.05, 0) is 49.4 Å². The second-order valence-corrected chi connectivity index (χ2v) is 7.28. The number of anilines is 2. The van der Waals surface area contributed by atoms with Crippen LogP contribution in [-0.2, 0) is 4.79 Å². The lowest BCUT2D eigenvalue weighted by Crippen LogP contribution is -2.47. The highest BCUT2D eigenvalue weighted by atomic mass is 16.1. The van der Waals surface area contributed by atoms with Gasteiger partial charge in [-0.2, -0.15) is 0 Å². The van der Waals surface area contributed by atoms with Crippen LogP contribution in [0, 0.1) is 5.92 Å². The molecule has 1 N–H and O–H groups in total. The lowest BCUT2D eigenvalue weighted by atomic mass is 10.1. The van der Waals surface area contributed by atoms with E-state index in [9.17, 15) is 4.79 Å². The highest BCUT2D eigenvalue weighted by molar-refractivity contribution is 5.90. The summed E-state index contributed by atoms with van der Waals surface area (Å²) in [6.07, 6.45) is 4.33. The summed E-state index contributed by atoms with van der Waals surface area (Å²) in [6, 6.07) is 9.18. The number of carbonyl (C=O) groups excluding carboxylic acids is 1. The van der Waals surface area contributed by atoms with Gasteiger partial charge < -0.3 is 10.2 Å². The van der Waals surface area contributed by atoms with E-state index in [1.165, 1.54) is 31.6 Å². The van der Waals surface area contributed by atoms with Crippen LogP contribution in [0.2, 0.25) is 0 Å². The van der Waals surface area contributed by atoms with Gasteiger partial charge in [-0.3, -0.25) is 9.69 Å². The Morgan fingerprint density at radius 2 is 1.78 bits per heavy atom. The molecule has 1 aliphatic carbocycles. The predicted molar refractivity (Wildman–Crippen MR) is 96.0 cm³/mol. The van der Waals surface area contributed by atoms with Crippen molar-refractivity contribution >= 4 is 17.3 Å². The molecule has 1 aromatic carbocycles. The maximum absolute atomic E-state index is 11.9. The molecule has 126 valence electrons. The fourth-order valence-electron chi connectivity index (χ4n) is 3.18. The lowest BCUT2D eigenvalue weighted by molar-refractivity contribution is -0.116. The Morgan fingerprint density at radius 1 is 1.13 bits per heavy atom. The van der Waals surface area contributed by atoms with Crippen molar-refractivity contribution in [2.75, 3.05) is 36.4 Å². The van der Waals surface area contributed by atoms with Crippen LogP contribution in [0.15, 0.2) is 24.3 Å². The Kier molecular flexibility index (Phi) is 5.21. The molecule has 1 saturated carbocycles. The summed E-state index contributed by atoms with van der Waals surface area (Å²) in [5.74, 6) is 0.682. The quantitative estimate of drug-likeness (QED) is 0.874. The molecular formula is C19H29N3O. The van der Waals surface area contributed by atoms with E-state index >= 15 is 0 Å². The third kappa shape index (κ3) is 4.71. The van der Waals surface area contributed by atoms with Crippen molar-refractivity contribution in [1.29, 1.82) is 0 Å². The number of nitrogens with one attached hydrogen (secondary N) is 1. The average molecular weight is 315 g/mol. The minimum Gasteiger partial charge on any atom is -0.369 e. The van der Waals surface area contributed by atoms with Gasteiger partial charge in [0.15, 0.2) is 0 Å². The molecule has 23 heavy (non-hydrogen) atoms. The first-order valence-corrected chi connectivity index (χ1v) is 9.01. The molecule has 0 aromatic heterocycles. The number of benzene rings is 1. The summed E-state index contributed by atoms with van der Waals surface area (Å²) in [4.78, 5) is 17.0. The summed E-state index contributed by atoms with van der Waals surface area (Å²) >= 11 is 0. The normalized spacial score (nSPS) is 19.2. The molecule has 4 heteroatoms. The number of rotatable bonds is 6. The standard InChI is InChI=1S/C19H29N3O/c1-15(2)3-10-19(23)20-16-4-6-17(7-5-16)21-11-13-22(14-12-21)18-8-9-18/h4-7,15,18H,3,8-14H2,1-2H3,(H,20,23). The molecule has 0 spiro atoms. The molecule has 1 heterocycles. The van der Waals surface area contributed by atoms with Crippen molar-refractivity contribution in [2.24, 2.45) is 5.92 Å². The molecule has 2 aliphatic rings. The Hall–Kier alpha value is -1.55. The van der Waals surface area contributed by atoms with Gasteiger partial charge in [0.25, 0.3) is 0 Å². The van der Waals surface area contributed by atoms with E-state index in [-0.39, 0.29) is 5.91 Å². The molecule has 1 aliphatic heterocycles. The number of hydrogen-bond acceptors (Lipinski definition) is 3. The molecule has 1 aromatic rings. The first-order valence-electron chi connectivity index (χ1n) is 9.01. The summed E-state index contributed by atoms with van der Waals surface area (Å²) < 4.78 is 0. The number of nitrogens with zero attached hydrogens (tertiary/aromatic N) is 2. The summed E-state index contributed by atoms with van der Waals surface area (Å²) in [5, 5.41) is 2.99. The van der Waals surface area contributed by atoms with Crippen LogP contribution in [0.4, 0.5) is 11.4 Å². The van der Waals surface area contributed by atoms with Crippen molar-refractivity contribution in [2.45, 2.75) is 45.6 Å². The van der Waals surface area contributed by atoms with Crippen molar-refractivity contribution in [3.05, 3.63) is 24.3 Å². The molecule has 0 bridgehead atoms. The largest absolute Gasteiger partial charge is 0.369 e. The highest BCUT2D eigenvalue weighted by Gasteiger charge is 2.31. The van der Waals surface area contributed by atoms with Crippen LogP contribution in [0.5, 0.6) is 0 Å². The average Bonchev–Trinajstić information content (AvgIpc) is 3.39. The second kappa shape index (κ2) is 7.35. The predicted octanol–water partition coefficient (Wildman–Crippen LogP) is 3.35. The highest BCUT2D eigenvalue weighted by Crippen LogP contribution is 2.28. The fourth-order valence-corrected chi connectivity index (χ4v) is 3.18. The Labute approximate surface area is 139 Å². The smallest absolute Gasteiger partial charge is 0.224 e. The Balaban J connectivity index is 1.48. The van der Waals surface area contributed by atoms with Crippen molar-refractivity contribution in [1.82, 2.24) is 4.90 Å². The summed E-state index contributed by atoms with van der Waals surface area (Å²) in [7, 11) is 0. The van der Waals surface area contributed by atoms with Gasteiger partial charge in [-0.25, -0.2) is 0 Å². The van der Waals surface area contributed by atoms with Crippen molar-refractivity contribution < 1.29 is 4.79 Å². The van der Waals surface area contributed by atoms with Crippen molar-refractivity contribution in [3.63, 3.8) is 0 Å². The van der Waals surface area contributed by atoms with Crippen molar-refractivity contribution in [3.8, 4) is 0 Å². The Bertz CT molecular complexity index is 514. The molecule has 4 nitrogen and oxygen atoms in total. The molecule has 1 saturated heterocycles. The fraction of sp³-hybridized carbons (Fsp3) is 0.632. The molecular weight excluding hydrogens is 286 g/mol. The van der Waals surface area contributed by atoms with Crippen LogP contribution in [0.1, 0.15) is 39.5 Å². The molecule has 2 fully saturated rings. The third-order valence-electron chi connectivity index (χ3n) is 4.84. The van der Waals surface area contributed by atoms with Crippen LogP contribution < -0.4 is 10.2 Å². The number of amides is 1. The van der Waals surface area contributed by atoms with Crippen LogP contribution >= 0.6 is 0 Å². The van der Waals surface area contributed by atoms with E-state index in [4.69, 9.17) is 0 Å². The van der Waals surface area contributed by atoms with Gasteiger partial charge in [-0.15, -0.1) is 0 Å². The Morgan fingerprint density at radius 3 is 2.35 bits per heavy atom. The monoisotopic (exact) mass is 315 g/mol. The zero-order valence-corrected chi connectivity index (χ0v) is 14.4. The molecule has 0 atom stereocenters. The summed E-state index contributed by atoms with van der Waals surface area (Å²) in [5.41, 5.74) is 2.17. The molecule has 3 rings (SSSR count).